The van der Waals surface area contributed by atoms with Gasteiger partial charge in [0.2, 0.25) is 0 Å². The standard InChI is InChI=1S/C30H40N2O5/c1-30(2)13-12-22-24(37-30)16-25(27-20-9-3-4-10-21(20)29(34)36-28(22)27)35-18-26(33)31-17-19-8-7-15-32-14-6-5-11-23(19)32/h16,19,23H,3-15,17-18H2,1-2H3,(H,31,33). The average molecular weight is 509 g/mol. The Bertz CT molecular complexity index is 1250. The molecule has 7 heteroatoms. The summed E-state index contributed by atoms with van der Waals surface area (Å²) in [5.41, 5.74) is 2.75. The fourth-order valence-electron chi connectivity index (χ4n) is 7.08. The highest BCUT2D eigenvalue weighted by Gasteiger charge is 2.34. The first-order valence-electron chi connectivity index (χ1n) is 14.4. The van der Waals surface area contributed by atoms with E-state index in [0.717, 1.165) is 60.6 Å². The molecule has 1 N–H and O–H groups in total. The molecule has 7 nitrogen and oxygen atoms in total. The van der Waals surface area contributed by atoms with E-state index >= 15 is 0 Å². The quantitative estimate of drug-likeness (QED) is 0.598. The Morgan fingerprint density at radius 1 is 1.05 bits per heavy atom. The molecule has 0 saturated carbocycles. The molecule has 1 aromatic heterocycles. The van der Waals surface area contributed by atoms with Gasteiger partial charge in [-0.1, -0.05) is 6.42 Å². The molecule has 2 saturated heterocycles. The van der Waals surface area contributed by atoms with Crippen LogP contribution >= 0.6 is 0 Å². The van der Waals surface area contributed by atoms with Crippen LogP contribution in [0.4, 0.5) is 0 Å². The van der Waals surface area contributed by atoms with Crippen molar-refractivity contribution in [3.8, 4) is 11.5 Å². The molecule has 0 radical (unpaired) electrons. The van der Waals surface area contributed by atoms with Crippen molar-refractivity contribution in [3.63, 3.8) is 0 Å². The Morgan fingerprint density at radius 3 is 2.73 bits per heavy atom. The molecule has 2 fully saturated rings. The normalized spacial score (nSPS) is 24.9. The summed E-state index contributed by atoms with van der Waals surface area (Å²) in [6.07, 6.45) is 11.4. The number of fused-ring (bicyclic) bond motifs is 6. The highest BCUT2D eigenvalue weighted by Crippen LogP contribution is 2.44. The number of amides is 1. The van der Waals surface area contributed by atoms with Gasteiger partial charge in [-0.25, -0.2) is 4.79 Å². The van der Waals surface area contributed by atoms with Crippen molar-refractivity contribution in [2.45, 2.75) is 96.1 Å². The topological polar surface area (TPSA) is 81.0 Å². The largest absolute Gasteiger partial charge is 0.487 e. The molecular weight excluding hydrogens is 468 g/mol. The molecule has 200 valence electrons. The van der Waals surface area contributed by atoms with Crippen molar-refractivity contribution in [2.75, 3.05) is 26.2 Å². The number of carbonyl (C=O) groups excluding carboxylic acids is 1. The van der Waals surface area contributed by atoms with E-state index in [0.29, 0.717) is 35.6 Å². The van der Waals surface area contributed by atoms with Crippen LogP contribution in [0.1, 0.15) is 81.9 Å². The van der Waals surface area contributed by atoms with E-state index in [-0.39, 0.29) is 23.7 Å². The smallest absolute Gasteiger partial charge is 0.339 e. The minimum Gasteiger partial charge on any atom is -0.487 e. The van der Waals surface area contributed by atoms with Crippen LogP contribution in [0.3, 0.4) is 0 Å². The lowest BCUT2D eigenvalue weighted by Crippen LogP contribution is -2.51. The van der Waals surface area contributed by atoms with Crippen LogP contribution in [-0.2, 0) is 24.1 Å². The third-order valence-corrected chi connectivity index (χ3v) is 9.03. The summed E-state index contributed by atoms with van der Waals surface area (Å²) in [5, 5.41) is 4.01. The van der Waals surface area contributed by atoms with E-state index in [2.05, 4.69) is 24.1 Å². The van der Waals surface area contributed by atoms with Crippen molar-refractivity contribution >= 4 is 16.9 Å². The second kappa shape index (κ2) is 9.97. The molecular formula is C30H40N2O5. The van der Waals surface area contributed by atoms with Gasteiger partial charge in [-0.2, -0.15) is 0 Å². The molecule has 1 aliphatic carbocycles. The van der Waals surface area contributed by atoms with Crippen LogP contribution in [0.2, 0.25) is 0 Å². The van der Waals surface area contributed by atoms with Crippen molar-refractivity contribution in [1.29, 1.82) is 0 Å². The van der Waals surface area contributed by atoms with E-state index < -0.39 is 0 Å². The van der Waals surface area contributed by atoms with E-state index in [9.17, 15) is 9.59 Å². The van der Waals surface area contributed by atoms with Crippen molar-refractivity contribution in [2.24, 2.45) is 5.92 Å². The monoisotopic (exact) mass is 508 g/mol. The second-order valence-corrected chi connectivity index (χ2v) is 12.1. The average Bonchev–Trinajstić information content (AvgIpc) is 2.90. The van der Waals surface area contributed by atoms with E-state index in [1.165, 1.54) is 45.2 Å². The molecule has 2 unspecified atom stereocenters. The zero-order valence-electron chi connectivity index (χ0n) is 22.3. The fourth-order valence-corrected chi connectivity index (χ4v) is 7.08. The zero-order valence-corrected chi connectivity index (χ0v) is 22.3. The number of piperidine rings is 2. The minimum atomic E-state index is -0.309. The van der Waals surface area contributed by atoms with E-state index in [1.807, 2.05) is 6.07 Å². The van der Waals surface area contributed by atoms with Gasteiger partial charge in [0, 0.05) is 29.8 Å². The number of aryl methyl sites for hydroxylation is 2. The summed E-state index contributed by atoms with van der Waals surface area (Å²) in [4.78, 5) is 28.4. The van der Waals surface area contributed by atoms with Crippen molar-refractivity contribution in [3.05, 3.63) is 33.2 Å². The highest BCUT2D eigenvalue weighted by molar-refractivity contribution is 5.92. The number of benzene rings is 1. The molecule has 37 heavy (non-hydrogen) atoms. The Kier molecular flexibility index (Phi) is 6.68. The third kappa shape index (κ3) is 4.87. The van der Waals surface area contributed by atoms with Crippen LogP contribution < -0.4 is 20.4 Å². The summed E-state index contributed by atoms with van der Waals surface area (Å²) in [5.74, 6) is 1.68. The summed E-state index contributed by atoms with van der Waals surface area (Å²) >= 11 is 0. The fraction of sp³-hybridized carbons (Fsp3) is 0.667. The molecule has 4 aliphatic rings. The Hall–Kier alpha value is -2.54. The van der Waals surface area contributed by atoms with Crippen LogP contribution in [0, 0.1) is 5.92 Å². The van der Waals surface area contributed by atoms with Crippen LogP contribution in [0.15, 0.2) is 15.3 Å². The van der Waals surface area contributed by atoms with Crippen LogP contribution in [-0.4, -0.2) is 48.7 Å². The predicted octanol–water partition coefficient (Wildman–Crippen LogP) is 4.53. The van der Waals surface area contributed by atoms with Gasteiger partial charge in [-0.05, 0) is 103 Å². The van der Waals surface area contributed by atoms with E-state index in [4.69, 9.17) is 13.9 Å². The van der Waals surface area contributed by atoms with Gasteiger partial charge in [0.25, 0.3) is 5.91 Å². The number of hydrogen-bond donors (Lipinski definition) is 1. The lowest BCUT2D eigenvalue weighted by molar-refractivity contribution is -0.123. The molecule has 0 spiro atoms. The first-order valence-corrected chi connectivity index (χ1v) is 14.4. The molecule has 1 amide bonds. The van der Waals surface area contributed by atoms with Crippen molar-refractivity contribution in [1.82, 2.24) is 10.2 Å². The Balaban J connectivity index is 1.24. The molecule has 6 rings (SSSR count). The number of rotatable bonds is 5. The number of nitrogens with one attached hydrogen (secondary N) is 1. The van der Waals surface area contributed by atoms with Crippen LogP contribution in [0.25, 0.3) is 11.0 Å². The third-order valence-electron chi connectivity index (χ3n) is 9.03. The van der Waals surface area contributed by atoms with Crippen molar-refractivity contribution < 1.29 is 18.7 Å². The van der Waals surface area contributed by atoms with Gasteiger partial charge in [0.1, 0.15) is 22.7 Å². The van der Waals surface area contributed by atoms with Gasteiger partial charge < -0.3 is 24.1 Å². The van der Waals surface area contributed by atoms with Gasteiger partial charge in [0.15, 0.2) is 6.61 Å². The number of ether oxygens (including phenoxy) is 2. The molecule has 4 heterocycles. The Labute approximate surface area is 218 Å². The lowest BCUT2D eigenvalue weighted by Gasteiger charge is -2.44. The number of nitrogens with zero attached hydrogens (tertiary/aromatic N) is 1. The molecule has 0 bridgehead atoms. The molecule has 1 aromatic carbocycles. The van der Waals surface area contributed by atoms with E-state index in [1.54, 1.807) is 0 Å². The first-order chi connectivity index (χ1) is 17.9. The highest BCUT2D eigenvalue weighted by atomic mass is 16.5. The molecule has 2 atom stereocenters. The maximum atomic E-state index is 12.9. The number of carbonyl (C=O) groups is 1. The van der Waals surface area contributed by atoms with Crippen LogP contribution in [0.5, 0.6) is 11.5 Å². The summed E-state index contributed by atoms with van der Waals surface area (Å²) in [7, 11) is 0. The maximum Gasteiger partial charge on any atom is 0.339 e. The lowest BCUT2D eigenvalue weighted by atomic mass is 9.83. The van der Waals surface area contributed by atoms with Gasteiger partial charge in [0.05, 0.1) is 5.39 Å². The SMILES string of the molecule is CC1(C)CCc2c(cc(OCC(=O)NCC3CCCN4CCCCC34)c3c4c(c(=O)oc23)CCCC4)O1. The van der Waals surface area contributed by atoms with Gasteiger partial charge >= 0.3 is 5.63 Å². The van der Waals surface area contributed by atoms with Gasteiger partial charge in [-0.15, -0.1) is 0 Å². The predicted molar refractivity (Wildman–Crippen MR) is 143 cm³/mol. The summed E-state index contributed by atoms with van der Waals surface area (Å²) in [6.45, 7) is 7.17. The zero-order chi connectivity index (χ0) is 25.6. The maximum absolute atomic E-state index is 12.9. The minimum absolute atomic E-state index is 0.0632. The Morgan fingerprint density at radius 2 is 1.86 bits per heavy atom. The summed E-state index contributed by atoms with van der Waals surface area (Å²) in [6, 6.07) is 2.52. The van der Waals surface area contributed by atoms with Gasteiger partial charge in [-0.3, -0.25) is 4.79 Å². The molecule has 3 aliphatic heterocycles. The first kappa shape index (κ1) is 24.8. The molecule has 2 aromatic rings. The number of hydrogen-bond acceptors (Lipinski definition) is 6. The second-order valence-electron chi connectivity index (χ2n) is 12.1. The summed E-state index contributed by atoms with van der Waals surface area (Å²) < 4.78 is 18.4.